The summed E-state index contributed by atoms with van der Waals surface area (Å²) in [7, 11) is 0. The number of H-pyrrole nitrogens is 1. The Morgan fingerprint density at radius 3 is 3.07 bits per heavy atom. The van der Waals surface area contributed by atoms with Gasteiger partial charge in [-0.15, -0.1) is 6.42 Å². The standard InChI is InChI=1S/C12H10N2O/c1-2-7-13-12(15)10-8-14-11-6-4-3-5-9(10)11/h1,3-6,8,14H,7H2,(H,13,15). The van der Waals surface area contributed by atoms with Crippen molar-refractivity contribution in [1.82, 2.24) is 10.3 Å². The van der Waals surface area contributed by atoms with E-state index in [9.17, 15) is 4.79 Å². The molecule has 2 N–H and O–H groups in total. The van der Waals surface area contributed by atoms with Crippen LogP contribution in [0, 0.1) is 12.3 Å². The van der Waals surface area contributed by atoms with Crippen LogP contribution in [-0.2, 0) is 0 Å². The van der Waals surface area contributed by atoms with Crippen LogP contribution in [0.2, 0.25) is 0 Å². The van der Waals surface area contributed by atoms with E-state index < -0.39 is 0 Å². The van der Waals surface area contributed by atoms with Crippen LogP contribution in [0.1, 0.15) is 10.4 Å². The molecule has 0 fully saturated rings. The van der Waals surface area contributed by atoms with Crippen LogP contribution in [0.3, 0.4) is 0 Å². The molecule has 0 aliphatic rings. The maximum atomic E-state index is 11.7. The van der Waals surface area contributed by atoms with E-state index in [1.54, 1.807) is 6.20 Å². The summed E-state index contributed by atoms with van der Waals surface area (Å²) >= 11 is 0. The zero-order valence-corrected chi connectivity index (χ0v) is 8.08. The zero-order chi connectivity index (χ0) is 10.7. The number of aromatic nitrogens is 1. The third-order valence-corrected chi connectivity index (χ3v) is 2.18. The third kappa shape index (κ3) is 1.70. The number of hydrogen-bond acceptors (Lipinski definition) is 1. The highest BCUT2D eigenvalue weighted by Gasteiger charge is 2.09. The van der Waals surface area contributed by atoms with Gasteiger partial charge in [-0.3, -0.25) is 4.79 Å². The van der Waals surface area contributed by atoms with Crippen LogP contribution in [0.5, 0.6) is 0 Å². The fourth-order valence-electron chi connectivity index (χ4n) is 1.49. The summed E-state index contributed by atoms with van der Waals surface area (Å²) in [6.45, 7) is 0.248. The summed E-state index contributed by atoms with van der Waals surface area (Å²) in [5.74, 6) is 2.22. The van der Waals surface area contributed by atoms with Crippen LogP contribution in [0.15, 0.2) is 30.5 Å². The van der Waals surface area contributed by atoms with Crippen molar-refractivity contribution >= 4 is 16.8 Å². The number of rotatable bonds is 2. The van der Waals surface area contributed by atoms with Gasteiger partial charge in [-0.2, -0.15) is 0 Å². The highest BCUT2D eigenvalue weighted by molar-refractivity contribution is 6.06. The SMILES string of the molecule is C#CCNC(=O)c1c[nH]c2ccccc12. The van der Waals surface area contributed by atoms with E-state index in [2.05, 4.69) is 16.2 Å². The predicted octanol–water partition coefficient (Wildman–Crippen LogP) is 1.53. The summed E-state index contributed by atoms with van der Waals surface area (Å²) < 4.78 is 0. The molecule has 0 saturated heterocycles. The Bertz CT molecular complexity index is 534. The first kappa shape index (κ1) is 9.35. The maximum absolute atomic E-state index is 11.7. The summed E-state index contributed by atoms with van der Waals surface area (Å²) in [5, 5.41) is 3.54. The van der Waals surface area contributed by atoms with Gasteiger partial charge in [0.25, 0.3) is 5.91 Å². The maximum Gasteiger partial charge on any atom is 0.254 e. The second kappa shape index (κ2) is 3.89. The zero-order valence-electron chi connectivity index (χ0n) is 8.08. The normalized spacial score (nSPS) is 9.80. The van der Waals surface area contributed by atoms with Crippen molar-refractivity contribution in [2.24, 2.45) is 0 Å². The average molecular weight is 198 g/mol. The lowest BCUT2D eigenvalue weighted by atomic mass is 10.1. The molecule has 3 heteroatoms. The molecule has 1 aromatic carbocycles. The number of para-hydroxylation sites is 1. The smallest absolute Gasteiger partial charge is 0.254 e. The molecule has 0 aliphatic carbocycles. The Morgan fingerprint density at radius 2 is 2.27 bits per heavy atom. The summed E-state index contributed by atoms with van der Waals surface area (Å²) in [5.41, 5.74) is 1.57. The Kier molecular flexibility index (Phi) is 2.42. The number of nitrogens with one attached hydrogen (secondary N) is 2. The first-order valence-electron chi connectivity index (χ1n) is 4.60. The Balaban J connectivity index is 2.36. The van der Waals surface area contributed by atoms with Crippen LogP contribution < -0.4 is 5.32 Å². The van der Waals surface area contributed by atoms with Gasteiger partial charge in [-0.05, 0) is 6.07 Å². The first-order chi connectivity index (χ1) is 7.33. The van der Waals surface area contributed by atoms with Gasteiger partial charge in [-0.25, -0.2) is 0 Å². The van der Waals surface area contributed by atoms with Crippen LogP contribution >= 0.6 is 0 Å². The highest BCUT2D eigenvalue weighted by Crippen LogP contribution is 2.17. The minimum absolute atomic E-state index is 0.148. The quantitative estimate of drug-likeness (QED) is 0.706. The molecule has 74 valence electrons. The summed E-state index contributed by atoms with van der Waals surface area (Å²) in [4.78, 5) is 14.7. The Hall–Kier alpha value is -2.21. The van der Waals surface area contributed by atoms with E-state index >= 15 is 0 Å². The van der Waals surface area contributed by atoms with Crippen molar-refractivity contribution < 1.29 is 4.79 Å². The van der Waals surface area contributed by atoms with E-state index in [0.717, 1.165) is 10.9 Å². The number of carbonyl (C=O) groups excluding carboxylic acids is 1. The number of aromatic amines is 1. The molecule has 0 unspecified atom stereocenters. The second-order valence-corrected chi connectivity index (χ2v) is 3.13. The van der Waals surface area contributed by atoms with Crippen LogP contribution in [0.25, 0.3) is 10.9 Å². The van der Waals surface area contributed by atoms with Gasteiger partial charge in [0.15, 0.2) is 0 Å². The van der Waals surface area contributed by atoms with E-state index in [1.807, 2.05) is 24.3 Å². The van der Waals surface area contributed by atoms with Crippen molar-refractivity contribution in [2.45, 2.75) is 0 Å². The van der Waals surface area contributed by atoms with Crippen molar-refractivity contribution in [3.05, 3.63) is 36.0 Å². The number of benzene rings is 1. The van der Waals surface area contributed by atoms with Gasteiger partial charge in [0, 0.05) is 17.1 Å². The fourth-order valence-corrected chi connectivity index (χ4v) is 1.49. The lowest BCUT2D eigenvalue weighted by Crippen LogP contribution is -2.23. The molecule has 0 radical (unpaired) electrons. The van der Waals surface area contributed by atoms with Crippen molar-refractivity contribution in [2.75, 3.05) is 6.54 Å². The lowest BCUT2D eigenvalue weighted by Gasteiger charge is -1.98. The molecule has 0 saturated carbocycles. The minimum Gasteiger partial charge on any atom is -0.360 e. The number of terminal acetylenes is 1. The average Bonchev–Trinajstić information content (AvgIpc) is 2.69. The van der Waals surface area contributed by atoms with Crippen molar-refractivity contribution in [1.29, 1.82) is 0 Å². The summed E-state index contributed by atoms with van der Waals surface area (Å²) in [6.07, 6.45) is 6.76. The van der Waals surface area contributed by atoms with Gasteiger partial charge in [0.2, 0.25) is 0 Å². The lowest BCUT2D eigenvalue weighted by molar-refractivity contribution is 0.0960. The number of fused-ring (bicyclic) bond motifs is 1. The van der Waals surface area contributed by atoms with Crippen molar-refractivity contribution in [3.63, 3.8) is 0 Å². The second-order valence-electron chi connectivity index (χ2n) is 3.13. The molecule has 0 aliphatic heterocycles. The molecule has 0 bridgehead atoms. The van der Waals surface area contributed by atoms with E-state index in [4.69, 9.17) is 6.42 Å². The van der Waals surface area contributed by atoms with E-state index in [0.29, 0.717) is 5.56 Å². The molecule has 1 aromatic heterocycles. The molecule has 3 nitrogen and oxygen atoms in total. The largest absolute Gasteiger partial charge is 0.360 e. The Morgan fingerprint density at radius 1 is 1.47 bits per heavy atom. The van der Waals surface area contributed by atoms with Gasteiger partial charge < -0.3 is 10.3 Å². The number of carbonyl (C=O) groups is 1. The third-order valence-electron chi connectivity index (χ3n) is 2.18. The molecule has 2 rings (SSSR count). The molecular formula is C12H10N2O. The monoisotopic (exact) mass is 198 g/mol. The van der Waals surface area contributed by atoms with Crippen LogP contribution in [0.4, 0.5) is 0 Å². The van der Waals surface area contributed by atoms with E-state index in [1.165, 1.54) is 0 Å². The fraction of sp³-hybridized carbons (Fsp3) is 0.0833. The highest BCUT2D eigenvalue weighted by atomic mass is 16.1. The number of amides is 1. The molecule has 0 atom stereocenters. The van der Waals surface area contributed by atoms with Crippen molar-refractivity contribution in [3.8, 4) is 12.3 Å². The first-order valence-corrected chi connectivity index (χ1v) is 4.60. The Labute approximate surface area is 87.5 Å². The molecule has 15 heavy (non-hydrogen) atoms. The molecule has 1 heterocycles. The van der Waals surface area contributed by atoms with Gasteiger partial charge in [-0.1, -0.05) is 24.1 Å². The van der Waals surface area contributed by atoms with Gasteiger partial charge in [0.1, 0.15) is 0 Å². The minimum atomic E-state index is -0.148. The van der Waals surface area contributed by atoms with Gasteiger partial charge >= 0.3 is 0 Å². The van der Waals surface area contributed by atoms with E-state index in [-0.39, 0.29) is 12.5 Å². The topological polar surface area (TPSA) is 44.9 Å². The van der Waals surface area contributed by atoms with Gasteiger partial charge in [0.05, 0.1) is 12.1 Å². The number of hydrogen-bond donors (Lipinski definition) is 2. The molecule has 0 spiro atoms. The van der Waals surface area contributed by atoms with Crippen LogP contribution in [-0.4, -0.2) is 17.4 Å². The molecular weight excluding hydrogens is 188 g/mol. The molecule has 2 aromatic rings. The summed E-state index contributed by atoms with van der Waals surface area (Å²) in [6, 6.07) is 7.64. The predicted molar refractivity (Wildman–Crippen MR) is 59.5 cm³/mol. The molecule has 1 amide bonds.